The number of nitrogens with one attached hydrogen (secondary N) is 1. The second-order valence-corrected chi connectivity index (χ2v) is 7.46. The zero-order chi connectivity index (χ0) is 17.3. The summed E-state index contributed by atoms with van der Waals surface area (Å²) < 4.78 is 27.4. The third-order valence-corrected chi connectivity index (χ3v) is 5.49. The molecule has 126 valence electrons. The van der Waals surface area contributed by atoms with E-state index < -0.39 is 21.7 Å². The Hall–Kier alpha value is -2.54. The van der Waals surface area contributed by atoms with Crippen LogP contribution in [-0.2, 0) is 22.9 Å². The van der Waals surface area contributed by atoms with Gasteiger partial charge in [-0.25, -0.2) is 13.2 Å². The Labute approximate surface area is 139 Å². The van der Waals surface area contributed by atoms with E-state index in [4.69, 9.17) is 5.11 Å². The van der Waals surface area contributed by atoms with Crippen LogP contribution in [0.4, 0.5) is 5.69 Å². The van der Waals surface area contributed by atoms with Crippen molar-refractivity contribution in [1.29, 1.82) is 0 Å². The van der Waals surface area contributed by atoms with Crippen molar-refractivity contribution in [2.75, 3.05) is 4.72 Å². The maximum absolute atomic E-state index is 12.5. The van der Waals surface area contributed by atoms with Crippen molar-refractivity contribution < 1.29 is 23.4 Å². The molecule has 2 aromatic carbocycles. The van der Waals surface area contributed by atoms with Crippen molar-refractivity contribution in [3.63, 3.8) is 0 Å². The first kappa shape index (κ1) is 16.3. The lowest BCUT2D eigenvalue weighted by atomic mass is 9.92. The van der Waals surface area contributed by atoms with Gasteiger partial charge in [-0.3, -0.25) is 4.72 Å². The summed E-state index contributed by atoms with van der Waals surface area (Å²) in [6, 6.07) is 8.63. The van der Waals surface area contributed by atoms with Crippen LogP contribution in [0.5, 0.6) is 5.75 Å². The van der Waals surface area contributed by atoms with Crippen LogP contribution in [0, 0.1) is 0 Å². The molecule has 0 saturated carbocycles. The van der Waals surface area contributed by atoms with E-state index in [1.807, 2.05) is 6.07 Å². The van der Waals surface area contributed by atoms with Crippen LogP contribution < -0.4 is 4.72 Å². The van der Waals surface area contributed by atoms with E-state index in [-0.39, 0.29) is 16.1 Å². The Bertz CT molecular complexity index is 905. The topological polar surface area (TPSA) is 104 Å². The second-order valence-electron chi connectivity index (χ2n) is 5.78. The number of carboxylic acids is 1. The van der Waals surface area contributed by atoms with E-state index >= 15 is 0 Å². The number of aryl methyl sites for hydroxylation is 2. The lowest BCUT2D eigenvalue weighted by Gasteiger charge is -2.17. The Kier molecular flexibility index (Phi) is 4.19. The number of hydrogen-bond acceptors (Lipinski definition) is 4. The first-order valence-corrected chi connectivity index (χ1v) is 9.06. The fourth-order valence-corrected chi connectivity index (χ4v) is 3.97. The molecule has 0 amide bonds. The molecule has 2 aromatic rings. The lowest BCUT2D eigenvalue weighted by molar-refractivity contribution is 0.0694. The van der Waals surface area contributed by atoms with E-state index in [9.17, 15) is 18.3 Å². The van der Waals surface area contributed by atoms with Gasteiger partial charge in [0.15, 0.2) is 0 Å². The molecule has 3 rings (SSSR count). The maximum Gasteiger partial charge on any atom is 0.339 e. The number of benzene rings is 2. The Morgan fingerprint density at radius 3 is 2.38 bits per heavy atom. The number of rotatable bonds is 4. The summed E-state index contributed by atoms with van der Waals surface area (Å²) in [5.41, 5.74) is 2.05. The summed E-state index contributed by atoms with van der Waals surface area (Å²) in [7, 11) is -3.81. The van der Waals surface area contributed by atoms with Gasteiger partial charge in [0.1, 0.15) is 11.3 Å². The van der Waals surface area contributed by atoms with E-state index in [2.05, 4.69) is 4.72 Å². The highest BCUT2D eigenvalue weighted by Gasteiger charge is 2.19. The van der Waals surface area contributed by atoms with Crippen LogP contribution >= 0.6 is 0 Å². The molecule has 7 heteroatoms. The molecule has 0 bridgehead atoms. The van der Waals surface area contributed by atoms with Crippen LogP contribution in [0.1, 0.15) is 34.3 Å². The van der Waals surface area contributed by atoms with Gasteiger partial charge in [0.25, 0.3) is 10.0 Å². The minimum absolute atomic E-state index is 0.107. The van der Waals surface area contributed by atoms with Crippen molar-refractivity contribution in [1.82, 2.24) is 0 Å². The molecule has 0 aliphatic heterocycles. The van der Waals surface area contributed by atoms with Crippen molar-refractivity contribution in [2.24, 2.45) is 0 Å². The highest BCUT2D eigenvalue weighted by molar-refractivity contribution is 7.92. The molecule has 0 atom stereocenters. The molecule has 0 aromatic heterocycles. The molecule has 3 N–H and O–H groups in total. The number of aromatic hydroxyl groups is 1. The quantitative estimate of drug-likeness (QED) is 0.789. The van der Waals surface area contributed by atoms with Gasteiger partial charge in [-0.15, -0.1) is 0 Å². The van der Waals surface area contributed by atoms with Gasteiger partial charge in [0.2, 0.25) is 0 Å². The Morgan fingerprint density at radius 2 is 1.71 bits per heavy atom. The van der Waals surface area contributed by atoms with Crippen molar-refractivity contribution in [3.05, 3.63) is 53.1 Å². The highest BCUT2D eigenvalue weighted by Crippen LogP contribution is 2.27. The van der Waals surface area contributed by atoms with Gasteiger partial charge in [-0.1, -0.05) is 6.07 Å². The van der Waals surface area contributed by atoms with Crippen LogP contribution in [0.15, 0.2) is 41.3 Å². The van der Waals surface area contributed by atoms with Gasteiger partial charge in [-0.05, 0) is 61.1 Å². The van der Waals surface area contributed by atoms with Gasteiger partial charge >= 0.3 is 5.97 Å². The highest BCUT2D eigenvalue weighted by atomic mass is 32.2. The molecular weight excluding hydrogens is 330 g/mol. The largest absolute Gasteiger partial charge is 0.507 e. The standard InChI is InChI=1S/C17H17NO5S/c19-16-10-13(6-8-15(16)17(20)21)18-24(22,23)14-7-5-11-3-1-2-4-12(11)9-14/h5-10,18-19H,1-4H2,(H,20,21). The zero-order valence-electron chi connectivity index (χ0n) is 12.8. The van der Waals surface area contributed by atoms with E-state index in [1.54, 1.807) is 12.1 Å². The predicted octanol–water partition coefficient (Wildman–Crippen LogP) is 2.77. The molecule has 0 fully saturated rings. The molecule has 0 unspecified atom stereocenters. The molecule has 0 heterocycles. The lowest BCUT2D eigenvalue weighted by Crippen LogP contribution is -2.14. The molecule has 0 spiro atoms. The first-order valence-electron chi connectivity index (χ1n) is 7.58. The molecule has 24 heavy (non-hydrogen) atoms. The fourth-order valence-electron chi connectivity index (χ4n) is 2.87. The number of anilines is 1. The van der Waals surface area contributed by atoms with Crippen LogP contribution in [-0.4, -0.2) is 24.6 Å². The van der Waals surface area contributed by atoms with Crippen LogP contribution in [0.2, 0.25) is 0 Å². The van der Waals surface area contributed by atoms with Gasteiger partial charge in [0, 0.05) is 6.07 Å². The van der Waals surface area contributed by atoms with Gasteiger partial charge in [0.05, 0.1) is 10.6 Å². The summed E-state index contributed by atoms with van der Waals surface area (Å²) in [5.74, 6) is -1.77. The maximum atomic E-state index is 12.5. The molecular formula is C17H17NO5S. The predicted molar refractivity (Wildman–Crippen MR) is 89.0 cm³/mol. The average Bonchev–Trinajstić information content (AvgIpc) is 2.53. The summed E-state index contributed by atoms with van der Waals surface area (Å²) in [5, 5.41) is 18.6. The molecule has 6 nitrogen and oxygen atoms in total. The second kappa shape index (κ2) is 6.16. The van der Waals surface area contributed by atoms with Gasteiger partial charge in [-0.2, -0.15) is 0 Å². The van der Waals surface area contributed by atoms with Gasteiger partial charge < -0.3 is 10.2 Å². The number of phenols is 1. The minimum atomic E-state index is -3.81. The summed E-state index contributed by atoms with van der Waals surface area (Å²) in [4.78, 5) is 11.0. The normalized spacial score (nSPS) is 14.0. The third kappa shape index (κ3) is 3.21. The monoisotopic (exact) mass is 347 g/mol. The van der Waals surface area contributed by atoms with E-state index in [1.165, 1.54) is 11.6 Å². The average molecular weight is 347 g/mol. The summed E-state index contributed by atoms with van der Waals surface area (Å²) in [6.07, 6.45) is 4.00. The molecule has 1 aliphatic rings. The first-order chi connectivity index (χ1) is 11.4. The van der Waals surface area contributed by atoms with Crippen molar-refractivity contribution in [2.45, 2.75) is 30.6 Å². The molecule has 1 aliphatic carbocycles. The summed E-state index contributed by atoms with van der Waals surface area (Å²) >= 11 is 0. The Balaban J connectivity index is 1.89. The van der Waals surface area contributed by atoms with Crippen LogP contribution in [0.25, 0.3) is 0 Å². The number of hydrogen-bond donors (Lipinski definition) is 3. The zero-order valence-corrected chi connectivity index (χ0v) is 13.6. The number of aromatic carboxylic acids is 1. The minimum Gasteiger partial charge on any atom is -0.507 e. The molecule has 0 saturated heterocycles. The van der Waals surface area contributed by atoms with E-state index in [0.29, 0.717) is 0 Å². The summed E-state index contributed by atoms with van der Waals surface area (Å²) in [6.45, 7) is 0. The van der Waals surface area contributed by atoms with Crippen molar-refractivity contribution >= 4 is 21.7 Å². The van der Waals surface area contributed by atoms with Crippen molar-refractivity contribution in [3.8, 4) is 5.75 Å². The number of carboxylic acid groups (broad SMARTS) is 1. The number of fused-ring (bicyclic) bond motifs is 1. The van der Waals surface area contributed by atoms with Crippen LogP contribution in [0.3, 0.4) is 0 Å². The third-order valence-electron chi connectivity index (χ3n) is 4.11. The Morgan fingerprint density at radius 1 is 1.00 bits per heavy atom. The smallest absolute Gasteiger partial charge is 0.339 e. The number of sulfonamides is 1. The fraction of sp³-hybridized carbons (Fsp3) is 0.235. The number of carbonyl (C=O) groups is 1. The SMILES string of the molecule is O=C(O)c1ccc(NS(=O)(=O)c2ccc3c(c2)CCCC3)cc1O. The van der Waals surface area contributed by atoms with E-state index in [0.717, 1.165) is 43.4 Å². The molecule has 0 radical (unpaired) electrons.